The normalized spacial score (nSPS) is 8.90. The van der Waals surface area contributed by atoms with Crippen molar-refractivity contribution < 1.29 is 4.42 Å². The van der Waals surface area contributed by atoms with Gasteiger partial charge in [-0.25, -0.2) is 0 Å². The van der Waals surface area contributed by atoms with Crippen LogP contribution in [0.5, 0.6) is 0 Å². The van der Waals surface area contributed by atoms with Crippen molar-refractivity contribution in [3.05, 3.63) is 24.2 Å². The van der Waals surface area contributed by atoms with Crippen molar-refractivity contribution in [2.24, 2.45) is 0 Å². The summed E-state index contributed by atoms with van der Waals surface area (Å²) in [4.78, 5) is 0. The predicted molar refractivity (Wildman–Crippen MR) is 44.1 cm³/mol. The molecule has 0 aliphatic carbocycles. The number of hydrogen-bond acceptors (Lipinski definition) is 1. The minimum absolute atomic E-state index is 0.519. The third kappa shape index (κ3) is 2.72. The summed E-state index contributed by atoms with van der Waals surface area (Å²) in [5.41, 5.74) is 0. The molecule has 58 valence electrons. The van der Waals surface area contributed by atoms with Crippen LogP contribution in [0.25, 0.3) is 0 Å². The van der Waals surface area contributed by atoms with Gasteiger partial charge in [-0.3, -0.25) is 0 Å². The quantitative estimate of drug-likeness (QED) is 0.582. The van der Waals surface area contributed by atoms with Gasteiger partial charge in [-0.2, -0.15) is 0 Å². The van der Waals surface area contributed by atoms with E-state index in [9.17, 15) is 0 Å². The molecule has 0 amide bonds. The molecular formula is C9H16O. The lowest BCUT2D eigenvalue weighted by Crippen LogP contribution is -1.79. The van der Waals surface area contributed by atoms with Gasteiger partial charge in [0.1, 0.15) is 5.76 Å². The molecule has 10 heavy (non-hydrogen) atoms. The highest BCUT2D eigenvalue weighted by Crippen LogP contribution is 2.12. The summed E-state index contributed by atoms with van der Waals surface area (Å²) in [5, 5.41) is 0. The van der Waals surface area contributed by atoms with Crippen LogP contribution in [0.1, 0.15) is 39.4 Å². The third-order valence-corrected chi connectivity index (χ3v) is 1.11. The molecule has 0 bridgehead atoms. The van der Waals surface area contributed by atoms with Crippen LogP contribution < -0.4 is 0 Å². The van der Waals surface area contributed by atoms with Crippen LogP contribution >= 0.6 is 0 Å². The van der Waals surface area contributed by atoms with Gasteiger partial charge in [0.25, 0.3) is 0 Å². The third-order valence-electron chi connectivity index (χ3n) is 1.11. The molecular weight excluding hydrogens is 124 g/mol. The van der Waals surface area contributed by atoms with E-state index in [0.29, 0.717) is 5.92 Å². The first kappa shape index (κ1) is 9.28. The molecule has 0 fully saturated rings. The molecule has 0 aliphatic heterocycles. The molecule has 0 atom stereocenters. The SMILES string of the molecule is CC.CC(C)c1ccco1. The highest BCUT2D eigenvalue weighted by atomic mass is 16.3. The van der Waals surface area contributed by atoms with E-state index in [4.69, 9.17) is 4.42 Å². The van der Waals surface area contributed by atoms with E-state index >= 15 is 0 Å². The van der Waals surface area contributed by atoms with Gasteiger partial charge in [0.2, 0.25) is 0 Å². The van der Waals surface area contributed by atoms with Crippen LogP contribution in [0.4, 0.5) is 0 Å². The fourth-order valence-electron chi connectivity index (χ4n) is 0.620. The summed E-state index contributed by atoms with van der Waals surface area (Å²) >= 11 is 0. The second kappa shape index (κ2) is 5.10. The van der Waals surface area contributed by atoms with Crippen molar-refractivity contribution in [3.63, 3.8) is 0 Å². The summed E-state index contributed by atoms with van der Waals surface area (Å²) < 4.78 is 5.09. The molecule has 0 radical (unpaired) electrons. The first-order valence-electron chi connectivity index (χ1n) is 3.84. The number of hydrogen-bond donors (Lipinski definition) is 0. The Bertz CT molecular complexity index is 140. The Morgan fingerprint density at radius 2 is 1.90 bits per heavy atom. The Hall–Kier alpha value is -0.720. The summed E-state index contributed by atoms with van der Waals surface area (Å²) in [6.45, 7) is 8.22. The summed E-state index contributed by atoms with van der Waals surface area (Å²) in [6, 6.07) is 3.90. The van der Waals surface area contributed by atoms with Gasteiger partial charge in [0.05, 0.1) is 6.26 Å². The van der Waals surface area contributed by atoms with Crippen LogP contribution in [0.3, 0.4) is 0 Å². The second-order valence-electron chi connectivity index (χ2n) is 2.17. The van der Waals surface area contributed by atoms with Gasteiger partial charge in [0, 0.05) is 5.92 Å². The molecule has 0 unspecified atom stereocenters. The molecule has 0 saturated carbocycles. The van der Waals surface area contributed by atoms with Crippen LogP contribution in [0, 0.1) is 0 Å². The van der Waals surface area contributed by atoms with Crippen LogP contribution in [0.2, 0.25) is 0 Å². The zero-order chi connectivity index (χ0) is 7.98. The maximum absolute atomic E-state index is 5.09. The van der Waals surface area contributed by atoms with Crippen LogP contribution in [-0.2, 0) is 0 Å². The van der Waals surface area contributed by atoms with Gasteiger partial charge < -0.3 is 4.42 Å². The highest BCUT2D eigenvalue weighted by molar-refractivity contribution is 5.02. The molecule has 1 nitrogen and oxygen atoms in total. The Labute approximate surface area is 63.1 Å². The minimum atomic E-state index is 0.519. The molecule has 1 heterocycles. The summed E-state index contributed by atoms with van der Waals surface area (Å²) in [5.74, 6) is 1.58. The second-order valence-corrected chi connectivity index (χ2v) is 2.17. The lowest BCUT2D eigenvalue weighted by atomic mass is 10.2. The van der Waals surface area contributed by atoms with Crippen molar-refractivity contribution in [3.8, 4) is 0 Å². The maximum Gasteiger partial charge on any atom is 0.106 e. The van der Waals surface area contributed by atoms with Crippen LogP contribution in [0.15, 0.2) is 22.8 Å². The van der Waals surface area contributed by atoms with Gasteiger partial charge >= 0.3 is 0 Å². The largest absolute Gasteiger partial charge is 0.469 e. The highest BCUT2D eigenvalue weighted by Gasteiger charge is 1.97. The zero-order valence-electron chi connectivity index (χ0n) is 7.22. The molecule has 1 heteroatoms. The summed E-state index contributed by atoms with van der Waals surface area (Å²) in [7, 11) is 0. The van der Waals surface area contributed by atoms with Gasteiger partial charge in [-0.05, 0) is 12.1 Å². The van der Waals surface area contributed by atoms with E-state index in [0.717, 1.165) is 5.76 Å². The molecule has 0 N–H and O–H groups in total. The van der Waals surface area contributed by atoms with Gasteiger partial charge in [-0.1, -0.05) is 27.7 Å². The standard InChI is InChI=1S/C7H10O.C2H6/c1-6(2)7-4-3-5-8-7;1-2/h3-6H,1-2H3;1-2H3. The average Bonchev–Trinajstić information content (AvgIpc) is 2.42. The smallest absolute Gasteiger partial charge is 0.106 e. The Morgan fingerprint density at radius 3 is 2.10 bits per heavy atom. The van der Waals surface area contributed by atoms with E-state index in [1.165, 1.54) is 0 Å². The van der Waals surface area contributed by atoms with Crippen molar-refractivity contribution >= 4 is 0 Å². The monoisotopic (exact) mass is 140 g/mol. The van der Waals surface area contributed by atoms with E-state index in [2.05, 4.69) is 13.8 Å². The maximum atomic E-state index is 5.09. The van der Waals surface area contributed by atoms with Crippen molar-refractivity contribution in [1.29, 1.82) is 0 Å². The molecule has 0 saturated heterocycles. The number of rotatable bonds is 1. The topological polar surface area (TPSA) is 13.1 Å². The molecule has 1 rings (SSSR count). The lowest BCUT2D eigenvalue weighted by molar-refractivity contribution is 0.487. The summed E-state index contributed by atoms with van der Waals surface area (Å²) in [6.07, 6.45) is 1.70. The van der Waals surface area contributed by atoms with Gasteiger partial charge in [0.15, 0.2) is 0 Å². The fourth-order valence-corrected chi connectivity index (χ4v) is 0.620. The predicted octanol–water partition coefficient (Wildman–Crippen LogP) is 3.43. The average molecular weight is 140 g/mol. The Kier molecular flexibility index (Phi) is 4.73. The first-order chi connectivity index (χ1) is 4.80. The van der Waals surface area contributed by atoms with Crippen molar-refractivity contribution in [1.82, 2.24) is 0 Å². The Morgan fingerprint density at radius 1 is 1.30 bits per heavy atom. The van der Waals surface area contributed by atoms with E-state index < -0.39 is 0 Å². The number of furan rings is 1. The zero-order valence-corrected chi connectivity index (χ0v) is 7.22. The molecule has 0 aliphatic rings. The van der Waals surface area contributed by atoms with Gasteiger partial charge in [-0.15, -0.1) is 0 Å². The molecule has 0 aromatic carbocycles. The van der Waals surface area contributed by atoms with E-state index in [1.807, 2.05) is 26.0 Å². The van der Waals surface area contributed by atoms with Crippen molar-refractivity contribution in [2.45, 2.75) is 33.6 Å². The molecule has 0 spiro atoms. The minimum Gasteiger partial charge on any atom is -0.469 e. The molecule has 1 aromatic rings. The lowest BCUT2D eigenvalue weighted by Gasteiger charge is -1.94. The molecule has 1 aromatic heterocycles. The first-order valence-corrected chi connectivity index (χ1v) is 3.84. The Balaban J connectivity index is 0.000000371. The van der Waals surface area contributed by atoms with Crippen molar-refractivity contribution in [2.75, 3.05) is 0 Å². The van der Waals surface area contributed by atoms with E-state index in [1.54, 1.807) is 6.26 Å². The van der Waals surface area contributed by atoms with Crippen LogP contribution in [-0.4, -0.2) is 0 Å². The van der Waals surface area contributed by atoms with E-state index in [-0.39, 0.29) is 0 Å². The fraction of sp³-hybridized carbons (Fsp3) is 0.556.